The average molecular weight is 314 g/mol. The largest absolute Gasteiger partial charge is 0.322 e. The molecular weight excluding hydrogens is 303 g/mol. The van der Waals surface area contributed by atoms with Gasteiger partial charge < -0.3 is 5.32 Å². The predicted octanol–water partition coefficient (Wildman–Crippen LogP) is 0.602. The molecule has 0 fully saturated rings. The van der Waals surface area contributed by atoms with E-state index in [0.29, 0.717) is 5.69 Å². The number of halogens is 1. The summed E-state index contributed by atoms with van der Waals surface area (Å²) in [5, 5.41) is 13.1. The Hall–Kier alpha value is -3.36. The highest BCUT2D eigenvalue weighted by Gasteiger charge is 2.10. The minimum atomic E-state index is -0.654. The van der Waals surface area contributed by atoms with E-state index in [9.17, 15) is 14.0 Å². The van der Waals surface area contributed by atoms with Crippen molar-refractivity contribution in [2.75, 3.05) is 5.32 Å². The number of amides is 1. The van der Waals surface area contributed by atoms with Crippen molar-refractivity contribution in [2.45, 2.75) is 6.54 Å². The van der Waals surface area contributed by atoms with Crippen molar-refractivity contribution in [1.29, 1.82) is 0 Å². The van der Waals surface area contributed by atoms with E-state index in [1.54, 1.807) is 12.1 Å². The van der Waals surface area contributed by atoms with E-state index in [-0.39, 0.29) is 17.8 Å². The van der Waals surface area contributed by atoms with Crippen LogP contribution >= 0.6 is 0 Å². The lowest BCUT2D eigenvalue weighted by Crippen LogP contribution is -2.21. The summed E-state index contributed by atoms with van der Waals surface area (Å²) in [6.07, 6.45) is 2.73. The van der Waals surface area contributed by atoms with Crippen molar-refractivity contribution in [3.05, 3.63) is 65.1 Å². The molecule has 0 unspecified atom stereocenters. The molecule has 0 aliphatic heterocycles. The molecule has 9 heteroatoms. The fourth-order valence-corrected chi connectivity index (χ4v) is 1.98. The number of hydrogen-bond donors (Lipinski definition) is 1. The molecule has 1 aromatic carbocycles. The number of aromatic nitrogens is 5. The van der Waals surface area contributed by atoms with E-state index in [1.807, 2.05) is 0 Å². The van der Waals surface area contributed by atoms with Crippen molar-refractivity contribution < 1.29 is 9.18 Å². The van der Waals surface area contributed by atoms with Crippen LogP contribution in [-0.2, 0) is 11.3 Å². The standard InChI is InChI=1S/C14H11FN6O2/c15-11-7-10(20-6-2-1-3-14(20)23)4-5-12(11)18-13(22)8-21-17-9-16-19-21/h1-7,9H,8H2,(H,18,22). The smallest absolute Gasteiger partial charge is 0.255 e. The molecule has 8 nitrogen and oxygen atoms in total. The van der Waals surface area contributed by atoms with Crippen molar-refractivity contribution in [3.63, 3.8) is 0 Å². The van der Waals surface area contributed by atoms with Gasteiger partial charge in [-0.3, -0.25) is 14.2 Å². The number of nitrogens with zero attached hydrogens (tertiary/aromatic N) is 5. The number of hydrogen-bond acceptors (Lipinski definition) is 5. The molecule has 0 bridgehead atoms. The Labute approximate surface area is 129 Å². The Morgan fingerprint density at radius 2 is 2.13 bits per heavy atom. The number of pyridine rings is 1. The summed E-state index contributed by atoms with van der Waals surface area (Å²) in [5.41, 5.74) is 0.0906. The quantitative estimate of drug-likeness (QED) is 0.761. The molecule has 0 saturated heterocycles. The molecule has 2 heterocycles. The van der Waals surface area contributed by atoms with Crippen LogP contribution in [-0.4, -0.2) is 30.7 Å². The van der Waals surface area contributed by atoms with E-state index >= 15 is 0 Å². The lowest BCUT2D eigenvalue weighted by atomic mass is 10.2. The second-order valence-corrected chi connectivity index (χ2v) is 4.59. The molecule has 0 radical (unpaired) electrons. The van der Waals surface area contributed by atoms with E-state index in [2.05, 4.69) is 20.7 Å². The van der Waals surface area contributed by atoms with Gasteiger partial charge in [0.25, 0.3) is 5.56 Å². The Morgan fingerprint density at radius 3 is 2.83 bits per heavy atom. The minimum Gasteiger partial charge on any atom is -0.322 e. The van der Waals surface area contributed by atoms with Gasteiger partial charge in [0.2, 0.25) is 5.91 Å². The molecule has 3 rings (SSSR count). The SMILES string of the molecule is O=C(Cn1ncnn1)Nc1ccc(-n2ccccc2=O)cc1F. The number of rotatable bonds is 4. The molecule has 116 valence electrons. The molecule has 2 aromatic heterocycles. The average Bonchev–Trinajstić information content (AvgIpc) is 3.03. The van der Waals surface area contributed by atoms with Gasteiger partial charge in [-0.1, -0.05) is 6.07 Å². The zero-order valence-electron chi connectivity index (χ0n) is 11.8. The second kappa shape index (κ2) is 6.18. The van der Waals surface area contributed by atoms with Gasteiger partial charge >= 0.3 is 0 Å². The Bertz CT molecular complexity index is 890. The van der Waals surface area contributed by atoms with Crippen molar-refractivity contribution >= 4 is 11.6 Å². The Balaban J connectivity index is 1.78. The van der Waals surface area contributed by atoms with Crippen LogP contribution in [0.25, 0.3) is 5.69 Å². The molecule has 0 spiro atoms. The third-order valence-electron chi connectivity index (χ3n) is 3.00. The number of carbonyl (C=O) groups is 1. The highest BCUT2D eigenvalue weighted by molar-refractivity contribution is 5.90. The summed E-state index contributed by atoms with van der Waals surface area (Å²) >= 11 is 0. The molecule has 1 N–H and O–H groups in total. The second-order valence-electron chi connectivity index (χ2n) is 4.59. The van der Waals surface area contributed by atoms with Gasteiger partial charge in [0.05, 0.1) is 11.4 Å². The summed E-state index contributed by atoms with van der Waals surface area (Å²) in [6, 6.07) is 8.73. The lowest BCUT2D eigenvalue weighted by molar-refractivity contribution is -0.117. The summed E-state index contributed by atoms with van der Waals surface area (Å²) in [4.78, 5) is 24.6. The maximum absolute atomic E-state index is 14.1. The van der Waals surface area contributed by atoms with Crippen LogP contribution < -0.4 is 10.9 Å². The number of tetrazole rings is 1. The molecule has 0 aliphatic rings. The predicted molar refractivity (Wildman–Crippen MR) is 78.4 cm³/mol. The monoisotopic (exact) mass is 314 g/mol. The number of anilines is 1. The van der Waals surface area contributed by atoms with E-state index < -0.39 is 11.7 Å². The number of benzene rings is 1. The van der Waals surface area contributed by atoms with Crippen LogP contribution in [0.3, 0.4) is 0 Å². The van der Waals surface area contributed by atoms with Crippen molar-refractivity contribution in [2.24, 2.45) is 0 Å². The van der Waals surface area contributed by atoms with Crippen LogP contribution in [0, 0.1) is 5.82 Å². The lowest BCUT2D eigenvalue weighted by Gasteiger charge is -2.09. The van der Waals surface area contributed by atoms with Crippen LogP contribution in [0.1, 0.15) is 0 Å². The first-order valence-electron chi connectivity index (χ1n) is 6.62. The van der Waals surface area contributed by atoms with Gasteiger partial charge in [-0.25, -0.2) is 4.39 Å². The Morgan fingerprint density at radius 1 is 1.26 bits per heavy atom. The topological polar surface area (TPSA) is 94.7 Å². The fourth-order valence-electron chi connectivity index (χ4n) is 1.98. The highest BCUT2D eigenvalue weighted by atomic mass is 19.1. The highest BCUT2D eigenvalue weighted by Crippen LogP contribution is 2.17. The molecule has 23 heavy (non-hydrogen) atoms. The van der Waals surface area contributed by atoms with Gasteiger partial charge in [0, 0.05) is 18.3 Å². The molecule has 0 atom stereocenters. The minimum absolute atomic E-state index is 0.00263. The fraction of sp³-hybridized carbons (Fsp3) is 0.0714. The zero-order chi connectivity index (χ0) is 16.2. The molecule has 3 aromatic rings. The third-order valence-corrected chi connectivity index (χ3v) is 3.00. The molecule has 1 amide bonds. The van der Waals surface area contributed by atoms with E-state index in [0.717, 1.165) is 4.80 Å². The van der Waals surface area contributed by atoms with E-state index in [1.165, 1.54) is 41.4 Å². The molecule has 0 aliphatic carbocycles. The van der Waals surface area contributed by atoms with Gasteiger partial charge in [-0.15, -0.1) is 10.2 Å². The third kappa shape index (κ3) is 3.28. The van der Waals surface area contributed by atoms with E-state index in [4.69, 9.17) is 0 Å². The summed E-state index contributed by atoms with van der Waals surface area (Å²) in [7, 11) is 0. The Kier molecular flexibility index (Phi) is 3.91. The maximum Gasteiger partial charge on any atom is 0.255 e. The summed E-state index contributed by atoms with van der Waals surface area (Å²) in [5.74, 6) is -1.15. The van der Waals surface area contributed by atoms with Gasteiger partial charge in [0.1, 0.15) is 12.4 Å². The maximum atomic E-state index is 14.1. The van der Waals surface area contributed by atoms with Crippen molar-refractivity contribution in [1.82, 2.24) is 24.8 Å². The summed E-state index contributed by atoms with van der Waals surface area (Å²) in [6.45, 7) is -0.181. The molecular formula is C14H11FN6O2. The molecule has 0 saturated carbocycles. The number of nitrogens with one attached hydrogen (secondary N) is 1. The van der Waals surface area contributed by atoms with Gasteiger partial charge in [-0.2, -0.15) is 4.80 Å². The van der Waals surface area contributed by atoms with Gasteiger partial charge in [0.15, 0.2) is 6.33 Å². The van der Waals surface area contributed by atoms with Crippen molar-refractivity contribution in [3.8, 4) is 5.69 Å². The van der Waals surface area contributed by atoms with Gasteiger partial charge in [-0.05, 0) is 23.4 Å². The first kappa shape index (κ1) is 14.6. The van der Waals surface area contributed by atoms with Crippen LogP contribution in [0.5, 0.6) is 0 Å². The van der Waals surface area contributed by atoms with Crippen LogP contribution in [0.2, 0.25) is 0 Å². The normalized spacial score (nSPS) is 10.5. The first-order chi connectivity index (χ1) is 11.1. The summed E-state index contributed by atoms with van der Waals surface area (Å²) < 4.78 is 15.4. The first-order valence-corrected chi connectivity index (χ1v) is 6.62. The zero-order valence-corrected chi connectivity index (χ0v) is 11.8. The van der Waals surface area contributed by atoms with Crippen LogP contribution in [0.4, 0.5) is 10.1 Å². The number of carbonyl (C=O) groups excluding carboxylic acids is 1. The van der Waals surface area contributed by atoms with Crippen LogP contribution in [0.15, 0.2) is 53.7 Å².